The molecule has 1 aromatic rings. The molecule has 0 unspecified atom stereocenters. The number of anilines is 1. The van der Waals surface area contributed by atoms with Gasteiger partial charge in [-0.3, -0.25) is 15.0 Å². The Bertz CT molecular complexity index is 646. The van der Waals surface area contributed by atoms with Crippen LogP contribution in [-0.2, 0) is 15.8 Å². The highest BCUT2D eigenvalue weighted by Gasteiger charge is 2.35. The number of imide groups is 1. The summed E-state index contributed by atoms with van der Waals surface area (Å²) >= 11 is 5.52. The number of hydrogen-bond acceptors (Lipinski definition) is 4. The van der Waals surface area contributed by atoms with E-state index in [9.17, 15) is 22.8 Å². The highest BCUT2D eigenvalue weighted by molar-refractivity contribution is 6.29. The van der Waals surface area contributed by atoms with Gasteiger partial charge in [0.2, 0.25) is 0 Å². The van der Waals surface area contributed by atoms with E-state index in [1.54, 1.807) is 0 Å². The maximum Gasteiger partial charge on any atom is 0.416 e. The molecular formula is C12H9ClF3N3O2. The number of rotatable bonds is 2. The third kappa shape index (κ3) is 2.85. The van der Waals surface area contributed by atoms with E-state index in [0.717, 1.165) is 0 Å². The van der Waals surface area contributed by atoms with Crippen molar-refractivity contribution >= 4 is 29.2 Å². The first kappa shape index (κ1) is 15.3. The van der Waals surface area contributed by atoms with Crippen LogP contribution in [0, 0.1) is 0 Å². The van der Waals surface area contributed by atoms with Crippen LogP contribution in [0.15, 0.2) is 23.3 Å². The van der Waals surface area contributed by atoms with Crippen molar-refractivity contribution in [2.75, 3.05) is 5.43 Å². The van der Waals surface area contributed by atoms with E-state index in [1.165, 1.54) is 13.8 Å². The topological polar surface area (TPSA) is 62.3 Å². The largest absolute Gasteiger partial charge is 0.416 e. The van der Waals surface area contributed by atoms with Gasteiger partial charge in [-0.2, -0.15) is 18.2 Å². The summed E-state index contributed by atoms with van der Waals surface area (Å²) < 4.78 is 38.0. The summed E-state index contributed by atoms with van der Waals surface area (Å²) in [5.41, 5.74) is 1.64. The molecule has 1 aliphatic heterocycles. The average molecular weight is 320 g/mol. The second kappa shape index (κ2) is 5.03. The van der Waals surface area contributed by atoms with Crippen molar-refractivity contribution in [2.24, 2.45) is 0 Å². The summed E-state index contributed by atoms with van der Waals surface area (Å²) in [4.78, 5) is 27.2. The van der Waals surface area contributed by atoms with Crippen LogP contribution in [0.2, 0.25) is 5.15 Å². The highest BCUT2D eigenvalue weighted by atomic mass is 35.5. The Morgan fingerprint density at radius 2 is 1.67 bits per heavy atom. The molecule has 0 saturated carbocycles. The lowest BCUT2D eigenvalue weighted by Gasteiger charge is -2.17. The Balaban J connectivity index is 2.32. The summed E-state index contributed by atoms with van der Waals surface area (Å²) in [5, 5.41) is 0.191. The molecule has 0 saturated heterocycles. The fourth-order valence-corrected chi connectivity index (χ4v) is 1.89. The van der Waals surface area contributed by atoms with E-state index in [4.69, 9.17) is 11.6 Å². The van der Waals surface area contributed by atoms with E-state index in [1.807, 2.05) is 0 Å². The van der Waals surface area contributed by atoms with Crippen molar-refractivity contribution in [3.05, 3.63) is 34.0 Å². The van der Waals surface area contributed by atoms with E-state index in [0.29, 0.717) is 17.1 Å². The van der Waals surface area contributed by atoms with Crippen LogP contribution in [0.4, 0.5) is 19.0 Å². The van der Waals surface area contributed by atoms with Gasteiger partial charge in [0.05, 0.1) is 5.56 Å². The number of hydrazine groups is 1. The van der Waals surface area contributed by atoms with Gasteiger partial charge in [0.25, 0.3) is 11.8 Å². The second-order valence-electron chi connectivity index (χ2n) is 4.37. The SMILES string of the molecule is CC1=C(C)C(=O)N(Nc2cc(C(F)(F)F)cc(Cl)n2)C1=O. The number of pyridine rings is 1. The lowest BCUT2D eigenvalue weighted by Crippen LogP contribution is -2.37. The molecule has 0 aliphatic carbocycles. The predicted octanol–water partition coefficient (Wildman–Crippen LogP) is 2.79. The van der Waals surface area contributed by atoms with Crippen molar-refractivity contribution in [3.8, 4) is 0 Å². The highest BCUT2D eigenvalue weighted by Crippen LogP contribution is 2.32. The minimum absolute atomic E-state index is 0.213. The summed E-state index contributed by atoms with van der Waals surface area (Å²) in [6.45, 7) is 2.90. The zero-order valence-electron chi connectivity index (χ0n) is 10.9. The van der Waals surface area contributed by atoms with Gasteiger partial charge in [-0.1, -0.05) is 11.6 Å². The fraction of sp³-hybridized carbons (Fsp3) is 0.250. The lowest BCUT2D eigenvalue weighted by molar-refractivity contribution is -0.137. The van der Waals surface area contributed by atoms with Gasteiger partial charge in [-0.05, 0) is 26.0 Å². The van der Waals surface area contributed by atoms with Crippen LogP contribution in [0.1, 0.15) is 19.4 Å². The summed E-state index contributed by atoms with van der Waals surface area (Å²) in [7, 11) is 0. The third-order valence-corrected chi connectivity index (χ3v) is 3.15. The molecule has 1 aromatic heterocycles. The van der Waals surface area contributed by atoms with Gasteiger partial charge >= 0.3 is 6.18 Å². The molecule has 112 valence electrons. The molecule has 2 amide bonds. The number of carbonyl (C=O) groups is 2. The first-order valence-corrected chi connectivity index (χ1v) is 6.06. The normalized spacial score (nSPS) is 16.0. The van der Waals surface area contributed by atoms with E-state index >= 15 is 0 Å². The van der Waals surface area contributed by atoms with Gasteiger partial charge in [-0.15, -0.1) is 0 Å². The van der Waals surface area contributed by atoms with Gasteiger partial charge in [0, 0.05) is 11.1 Å². The smallest absolute Gasteiger partial charge is 0.271 e. The quantitative estimate of drug-likeness (QED) is 0.672. The van der Waals surface area contributed by atoms with E-state index in [2.05, 4.69) is 10.4 Å². The molecule has 0 spiro atoms. The molecule has 1 N–H and O–H groups in total. The van der Waals surface area contributed by atoms with Crippen LogP contribution in [0.5, 0.6) is 0 Å². The Morgan fingerprint density at radius 1 is 1.14 bits per heavy atom. The number of hydrogen-bond donors (Lipinski definition) is 1. The first-order chi connectivity index (χ1) is 9.61. The predicted molar refractivity (Wildman–Crippen MR) is 68.1 cm³/mol. The summed E-state index contributed by atoms with van der Waals surface area (Å²) in [6.07, 6.45) is -4.62. The zero-order chi connectivity index (χ0) is 15.9. The third-order valence-electron chi connectivity index (χ3n) is 2.96. The number of aromatic nitrogens is 1. The lowest BCUT2D eigenvalue weighted by atomic mass is 10.2. The summed E-state index contributed by atoms with van der Waals surface area (Å²) in [5.74, 6) is -1.64. The molecule has 9 heteroatoms. The van der Waals surface area contributed by atoms with Crippen molar-refractivity contribution < 1.29 is 22.8 Å². The van der Waals surface area contributed by atoms with Crippen LogP contribution < -0.4 is 5.43 Å². The van der Waals surface area contributed by atoms with Gasteiger partial charge < -0.3 is 0 Å². The molecule has 2 rings (SSSR count). The minimum atomic E-state index is -4.62. The second-order valence-corrected chi connectivity index (χ2v) is 4.76. The molecule has 0 aromatic carbocycles. The van der Waals surface area contributed by atoms with Crippen LogP contribution in [-0.4, -0.2) is 21.8 Å². The Morgan fingerprint density at radius 3 is 2.14 bits per heavy atom. The Labute approximate surface area is 122 Å². The molecule has 0 radical (unpaired) electrons. The monoisotopic (exact) mass is 319 g/mol. The van der Waals surface area contributed by atoms with Gasteiger partial charge in [0.1, 0.15) is 11.0 Å². The Kier molecular flexibility index (Phi) is 3.66. The molecular weight excluding hydrogens is 311 g/mol. The molecule has 1 aliphatic rings. The Hall–Kier alpha value is -2.09. The van der Waals surface area contributed by atoms with Gasteiger partial charge in [-0.25, -0.2) is 4.98 Å². The number of amides is 2. The van der Waals surface area contributed by atoms with Crippen molar-refractivity contribution in [1.29, 1.82) is 0 Å². The first-order valence-electron chi connectivity index (χ1n) is 5.69. The number of halogens is 4. The zero-order valence-corrected chi connectivity index (χ0v) is 11.6. The number of carbonyl (C=O) groups excluding carboxylic acids is 2. The van der Waals surface area contributed by atoms with Gasteiger partial charge in [0.15, 0.2) is 0 Å². The standard InChI is InChI=1S/C12H9ClF3N3O2/c1-5-6(2)11(21)19(10(5)20)18-9-4-7(12(14,15)16)3-8(13)17-9/h3-4H,1-2H3,(H,17,18). The maximum absolute atomic E-state index is 12.7. The van der Waals surface area contributed by atoms with E-state index in [-0.39, 0.29) is 17.0 Å². The molecule has 0 bridgehead atoms. The number of alkyl halides is 3. The number of nitrogens with zero attached hydrogens (tertiary/aromatic N) is 2. The average Bonchev–Trinajstić information content (AvgIpc) is 2.55. The van der Waals surface area contributed by atoms with Crippen LogP contribution >= 0.6 is 11.6 Å². The molecule has 0 fully saturated rings. The van der Waals surface area contributed by atoms with Crippen molar-refractivity contribution in [3.63, 3.8) is 0 Å². The molecule has 21 heavy (non-hydrogen) atoms. The fourth-order valence-electron chi connectivity index (χ4n) is 1.68. The number of nitrogens with one attached hydrogen (secondary N) is 1. The van der Waals surface area contributed by atoms with Crippen LogP contribution in [0.3, 0.4) is 0 Å². The molecule has 2 heterocycles. The molecule has 5 nitrogen and oxygen atoms in total. The van der Waals surface area contributed by atoms with E-state index < -0.39 is 28.7 Å². The molecule has 0 atom stereocenters. The van der Waals surface area contributed by atoms with Crippen molar-refractivity contribution in [2.45, 2.75) is 20.0 Å². The van der Waals surface area contributed by atoms with Crippen LogP contribution in [0.25, 0.3) is 0 Å². The van der Waals surface area contributed by atoms with Crippen molar-refractivity contribution in [1.82, 2.24) is 9.99 Å². The minimum Gasteiger partial charge on any atom is -0.271 e. The maximum atomic E-state index is 12.7. The summed E-state index contributed by atoms with van der Waals surface area (Å²) in [6, 6.07) is 1.31.